The van der Waals surface area contributed by atoms with Crippen molar-refractivity contribution in [3.63, 3.8) is 0 Å². The van der Waals surface area contributed by atoms with Gasteiger partial charge in [-0.05, 0) is 31.5 Å². The Balaban J connectivity index is 1.97. The van der Waals surface area contributed by atoms with Crippen molar-refractivity contribution < 1.29 is 9.53 Å². The molecule has 0 aliphatic carbocycles. The Morgan fingerprint density at radius 3 is 2.61 bits per heavy atom. The second kappa shape index (κ2) is 6.52. The Labute approximate surface area is 108 Å². The zero-order valence-electron chi connectivity index (χ0n) is 10.7. The van der Waals surface area contributed by atoms with Crippen LogP contribution in [0.15, 0.2) is 30.3 Å². The molecule has 0 spiro atoms. The van der Waals surface area contributed by atoms with Gasteiger partial charge in [-0.15, -0.1) is 0 Å². The molecule has 1 amide bonds. The number of benzene rings is 1. The van der Waals surface area contributed by atoms with E-state index in [0.29, 0.717) is 0 Å². The molecule has 1 saturated heterocycles. The van der Waals surface area contributed by atoms with Crippen LogP contribution in [0, 0.1) is 0 Å². The molecule has 1 fully saturated rings. The summed E-state index contributed by atoms with van der Waals surface area (Å²) in [4.78, 5) is 12.2. The summed E-state index contributed by atoms with van der Waals surface area (Å²) in [5.41, 5.74) is 0.895. The fourth-order valence-electron chi connectivity index (χ4n) is 2.27. The smallest absolute Gasteiger partial charge is 0.253 e. The number of piperidine rings is 1. The van der Waals surface area contributed by atoms with Crippen molar-refractivity contribution >= 4 is 5.91 Å². The number of nitrogens with one attached hydrogen (secondary N) is 2. The van der Waals surface area contributed by atoms with Crippen molar-refractivity contribution in [3.05, 3.63) is 35.9 Å². The van der Waals surface area contributed by atoms with E-state index in [1.54, 1.807) is 7.11 Å². The van der Waals surface area contributed by atoms with Gasteiger partial charge in [-0.25, -0.2) is 0 Å². The maximum atomic E-state index is 12.2. The first kappa shape index (κ1) is 13.1. The van der Waals surface area contributed by atoms with E-state index in [-0.39, 0.29) is 11.9 Å². The lowest BCUT2D eigenvalue weighted by molar-refractivity contribution is -0.132. The van der Waals surface area contributed by atoms with Crippen molar-refractivity contribution in [1.82, 2.24) is 10.6 Å². The van der Waals surface area contributed by atoms with Crippen LogP contribution in [0.3, 0.4) is 0 Å². The summed E-state index contributed by atoms with van der Waals surface area (Å²) in [6.45, 7) is 1.93. The van der Waals surface area contributed by atoms with Crippen LogP contribution in [0.4, 0.5) is 0 Å². The van der Waals surface area contributed by atoms with Gasteiger partial charge >= 0.3 is 0 Å². The minimum atomic E-state index is -0.513. The minimum Gasteiger partial charge on any atom is -0.367 e. The van der Waals surface area contributed by atoms with E-state index in [1.807, 2.05) is 30.3 Å². The van der Waals surface area contributed by atoms with E-state index in [4.69, 9.17) is 4.74 Å². The highest BCUT2D eigenvalue weighted by atomic mass is 16.5. The van der Waals surface area contributed by atoms with Crippen LogP contribution in [0.25, 0.3) is 0 Å². The Morgan fingerprint density at radius 2 is 2.00 bits per heavy atom. The average Bonchev–Trinajstić information content (AvgIpc) is 2.42. The SMILES string of the molecule is CO[C@@H](C(=O)NC1CCNCC1)c1ccccc1. The van der Waals surface area contributed by atoms with Gasteiger partial charge in [0, 0.05) is 13.2 Å². The number of rotatable bonds is 4. The number of amides is 1. The highest BCUT2D eigenvalue weighted by Gasteiger charge is 2.23. The molecule has 0 unspecified atom stereocenters. The Bertz CT molecular complexity index is 375. The number of hydrogen-bond acceptors (Lipinski definition) is 3. The van der Waals surface area contributed by atoms with Gasteiger partial charge in [0.2, 0.25) is 0 Å². The van der Waals surface area contributed by atoms with Crippen molar-refractivity contribution in [2.24, 2.45) is 0 Å². The molecule has 4 nitrogen and oxygen atoms in total. The predicted octanol–water partition coefficient (Wildman–Crippen LogP) is 1.24. The van der Waals surface area contributed by atoms with Gasteiger partial charge < -0.3 is 15.4 Å². The molecular formula is C14H20N2O2. The van der Waals surface area contributed by atoms with Gasteiger partial charge in [-0.1, -0.05) is 30.3 Å². The summed E-state index contributed by atoms with van der Waals surface area (Å²) in [5, 5.41) is 6.34. The molecule has 0 radical (unpaired) electrons. The van der Waals surface area contributed by atoms with Gasteiger partial charge in [0.15, 0.2) is 6.10 Å². The molecule has 1 aliphatic rings. The first-order valence-electron chi connectivity index (χ1n) is 6.40. The molecule has 98 valence electrons. The molecule has 4 heteroatoms. The van der Waals surface area contributed by atoms with E-state index in [0.717, 1.165) is 31.5 Å². The zero-order valence-corrected chi connectivity index (χ0v) is 10.7. The Hall–Kier alpha value is -1.39. The van der Waals surface area contributed by atoms with Crippen LogP contribution in [0.2, 0.25) is 0 Å². The molecule has 0 aromatic heterocycles. The largest absolute Gasteiger partial charge is 0.367 e. The first-order valence-corrected chi connectivity index (χ1v) is 6.40. The van der Waals surface area contributed by atoms with Crippen LogP contribution in [-0.4, -0.2) is 32.1 Å². The summed E-state index contributed by atoms with van der Waals surface area (Å²) >= 11 is 0. The summed E-state index contributed by atoms with van der Waals surface area (Å²) in [6.07, 6.45) is 1.45. The number of hydrogen-bond donors (Lipinski definition) is 2. The summed E-state index contributed by atoms with van der Waals surface area (Å²) in [7, 11) is 1.57. The third-order valence-electron chi connectivity index (χ3n) is 3.26. The Morgan fingerprint density at radius 1 is 1.33 bits per heavy atom. The molecule has 18 heavy (non-hydrogen) atoms. The standard InChI is InChI=1S/C14H20N2O2/c1-18-13(11-5-3-2-4-6-11)14(17)16-12-7-9-15-10-8-12/h2-6,12-13,15H,7-10H2,1H3,(H,16,17)/t13-/m1/s1. The molecule has 2 N–H and O–H groups in total. The lowest BCUT2D eigenvalue weighted by Gasteiger charge is -2.25. The van der Waals surface area contributed by atoms with Crippen molar-refractivity contribution in [2.75, 3.05) is 20.2 Å². The topological polar surface area (TPSA) is 50.4 Å². The normalized spacial score (nSPS) is 18.3. The zero-order chi connectivity index (χ0) is 12.8. The minimum absolute atomic E-state index is 0.0457. The van der Waals surface area contributed by atoms with Crippen molar-refractivity contribution in [2.45, 2.75) is 25.0 Å². The van der Waals surface area contributed by atoms with Crippen LogP contribution >= 0.6 is 0 Å². The molecule has 2 rings (SSSR count). The van der Waals surface area contributed by atoms with E-state index in [1.165, 1.54) is 0 Å². The predicted molar refractivity (Wildman–Crippen MR) is 70.2 cm³/mol. The maximum Gasteiger partial charge on any atom is 0.253 e. The molecule has 1 atom stereocenters. The van der Waals surface area contributed by atoms with Crippen molar-refractivity contribution in [1.29, 1.82) is 0 Å². The number of ether oxygens (including phenoxy) is 1. The quantitative estimate of drug-likeness (QED) is 0.843. The Kier molecular flexibility index (Phi) is 4.73. The van der Waals surface area contributed by atoms with Gasteiger partial charge in [0.25, 0.3) is 5.91 Å². The highest BCUT2D eigenvalue weighted by Crippen LogP contribution is 2.17. The summed E-state index contributed by atoms with van der Waals surface area (Å²) in [5.74, 6) is -0.0457. The fraction of sp³-hybridized carbons (Fsp3) is 0.500. The molecule has 0 bridgehead atoms. The van der Waals surface area contributed by atoms with E-state index in [2.05, 4.69) is 10.6 Å². The molecule has 1 heterocycles. The maximum absolute atomic E-state index is 12.2. The van der Waals surface area contributed by atoms with Gasteiger partial charge in [-0.3, -0.25) is 4.79 Å². The summed E-state index contributed by atoms with van der Waals surface area (Å²) < 4.78 is 5.31. The molecule has 1 aliphatic heterocycles. The molecule has 1 aromatic rings. The summed E-state index contributed by atoms with van der Waals surface area (Å²) in [6, 6.07) is 9.85. The van der Waals surface area contributed by atoms with Crippen LogP contribution in [-0.2, 0) is 9.53 Å². The second-order valence-corrected chi connectivity index (χ2v) is 4.56. The van der Waals surface area contributed by atoms with Gasteiger partial charge in [0.1, 0.15) is 0 Å². The average molecular weight is 248 g/mol. The first-order chi connectivity index (χ1) is 8.81. The van der Waals surface area contributed by atoms with Gasteiger partial charge in [0.05, 0.1) is 0 Å². The van der Waals surface area contributed by atoms with Crippen LogP contribution < -0.4 is 10.6 Å². The van der Waals surface area contributed by atoms with Crippen molar-refractivity contribution in [3.8, 4) is 0 Å². The molecule has 0 saturated carbocycles. The molecule has 1 aromatic carbocycles. The molecular weight excluding hydrogens is 228 g/mol. The monoisotopic (exact) mass is 248 g/mol. The lowest BCUT2D eigenvalue weighted by atomic mass is 10.0. The number of methoxy groups -OCH3 is 1. The number of carbonyl (C=O) groups excluding carboxylic acids is 1. The van der Waals surface area contributed by atoms with E-state index < -0.39 is 6.10 Å². The second-order valence-electron chi connectivity index (χ2n) is 4.56. The third kappa shape index (κ3) is 3.31. The van der Waals surface area contributed by atoms with Crippen LogP contribution in [0.5, 0.6) is 0 Å². The van der Waals surface area contributed by atoms with E-state index >= 15 is 0 Å². The lowest BCUT2D eigenvalue weighted by Crippen LogP contribution is -2.44. The fourth-order valence-corrected chi connectivity index (χ4v) is 2.27. The van der Waals surface area contributed by atoms with Gasteiger partial charge in [-0.2, -0.15) is 0 Å². The third-order valence-corrected chi connectivity index (χ3v) is 3.26. The van der Waals surface area contributed by atoms with Crippen LogP contribution in [0.1, 0.15) is 24.5 Å². The highest BCUT2D eigenvalue weighted by molar-refractivity contribution is 5.82. The number of carbonyl (C=O) groups is 1. The van der Waals surface area contributed by atoms with E-state index in [9.17, 15) is 4.79 Å².